The normalized spacial score (nSPS) is 20.2. The Hall–Kier alpha value is -3.14. The quantitative estimate of drug-likeness (QED) is 0.777. The standard InChI is InChI=1S/C18H17N3O6S/c1-26-10-5-8-3-4-21-14(9(8)6-11(10)27-2)13(20-15(21)17(22)23)12-7-19-16(28-12)18(24)25/h5-7,13-14H,3-4H2,1-2H3,(H,22,23)(H,24,25). The third-order valence-corrected chi connectivity index (χ3v) is 6.00. The first-order valence-electron chi connectivity index (χ1n) is 8.46. The van der Waals surface area contributed by atoms with Crippen molar-refractivity contribution < 1.29 is 29.3 Å². The topological polar surface area (TPSA) is 122 Å². The van der Waals surface area contributed by atoms with Crippen molar-refractivity contribution >= 4 is 29.1 Å². The fourth-order valence-corrected chi connectivity index (χ4v) is 4.57. The third-order valence-electron chi connectivity index (χ3n) is 4.94. The van der Waals surface area contributed by atoms with Gasteiger partial charge in [-0.15, -0.1) is 11.3 Å². The molecule has 0 saturated heterocycles. The van der Waals surface area contributed by atoms with Crippen molar-refractivity contribution in [2.75, 3.05) is 20.8 Å². The summed E-state index contributed by atoms with van der Waals surface area (Å²) in [6, 6.07) is 2.80. The van der Waals surface area contributed by atoms with Crippen molar-refractivity contribution in [3.63, 3.8) is 0 Å². The number of methoxy groups -OCH3 is 2. The number of carboxylic acids is 2. The van der Waals surface area contributed by atoms with E-state index in [1.165, 1.54) is 6.20 Å². The molecule has 3 heterocycles. The van der Waals surface area contributed by atoms with Gasteiger partial charge in [0.2, 0.25) is 10.8 Å². The zero-order chi connectivity index (χ0) is 20.0. The number of rotatable bonds is 5. The molecule has 2 N–H and O–H groups in total. The molecule has 4 rings (SSSR count). The van der Waals surface area contributed by atoms with Gasteiger partial charge in [0.1, 0.15) is 6.04 Å². The Balaban J connectivity index is 1.84. The number of aliphatic carboxylic acids is 1. The number of aromatic nitrogens is 1. The van der Waals surface area contributed by atoms with Crippen LogP contribution in [0.15, 0.2) is 23.3 Å². The van der Waals surface area contributed by atoms with Gasteiger partial charge >= 0.3 is 11.9 Å². The Labute approximate surface area is 163 Å². The predicted octanol–water partition coefficient (Wildman–Crippen LogP) is 2.00. The van der Waals surface area contributed by atoms with Gasteiger partial charge in [0.15, 0.2) is 11.5 Å². The van der Waals surface area contributed by atoms with E-state index in [1.54, 1.807) is 19.1 Å². The van der Waals surface area contributed by atoms with E-state index in [1.807, 2.05) is 12.1 Å². The van der Waals surface area contributed by atoms with Crippen molar-refractivity contribution in [2.45, 2.75) is 18.5 Å². The van der Waals surface area contributed by atoms with Crippen molar-refractivity contribution in [3.8, 4) is 11.5 Å². The molecule has 1 aromatic heterocycles. The number of nitrogens with zero attached hydrogens (tertiary/aromatic N) is 3. The highest BCUT2D eigenvalue weighted by atomic mass is 32.1. The number of aliphatic imine (C=N–C) groups is 1. The first-order valence-corrected chi connectivity index (χ1v) is 9.27. The predicted molar refractivity (Wildman–Crippen MR) is 99.6 cm³/mol. The molecule has 0 aliphatic carbocycles. The summed E-state index contributed by atoms with van der Waals surface area (Å²) in [4.78, 5) is 33.7. The summed E-state index contributed by atoms with van der Waals surface area (Å²) >= 11 is 1.01. The summed E-state index contributed by atoms with van der Waals surface area (Å²) in [6.07, 6.45) is 2.09. The lowest BCUT2D eigenvalue weighted by atomic mass is 9.88. The van der Waals surface area contributed by atoms with E-state index < -0.39 is 18.0 Å². The Morgan fingerprint density at radius 1 is 1.18 bits per heavy atom. The van der Waals surface area contributed by atoms with Crippen LogP contribution in [-0.4, -0.2) is 58.6 Å². The minimum absolute atomic E-state index is 0.0271. The molecule has 2 aliphatic heterocycles. The van der Waals surface area contributed by atoms with E-state index in [0.29, 0.717) is 29.3 Å². The van der Waals surface area contributed by atoms with E-state index >= 15 is 0 Å². The van der Waals surface area contributed by atoms with Crippen molar-refractivity contribution in [1.82, 2.24) is 9.88 Å². The largest absolute Gasteiger partial charge is 0.493 e. The fraction of sp³-hybridized carbons (Fsp3) is 0.333. The second kappa shape index (κ2) is 6.79. The van der Waals surface area contributed by atoms with Crippen LogP contribution in [0, 0.1) is 0 Å². The Bertz CT molecular complexity index is 1000. The van der Waals surface area contributed by atoms with Gasteiger partial charge < -0.3 is 24.6 Å². The van der Waals surface area contributed by atoms with Crippen LogP contribution in [-0.2, 0) is 11.2 Å². The summed E-state index contributed by atoms with van der Waals surface area (Å²) in [7, 11) is 3.10. The SMILES string of the molecule is COc1cc2c(cc1OC)C1C(c3cnc(C(=O)O)s3)N=C(C(=O)O)N1CC2. The van der Waals surface area contributed by atoms with E-state index in [0.717, 1.165) is 22.5 Å². The lowest BCUT2D eigenvalue weighted by Gasteiger charge is -2.35. The van der Waals surface area contributed by atoms with Gasteiger partial charge in [-0.05, 0) is 29.7 Å². The van der Waals surface area contributed by atoms with Crippen LogP contribution in [0.2, 0.25) is 0 Å². The maximum atomic E-state index is 11.8. The number of ether oxygens (including phenoxy) is 2. The molecule has 1 aromatic carbocycles. The molecule has 0 saturated carbocycles. The van der Waals surface area contributed by atoms with Gasteiger partial charge in [-0.1, -0.05) is 0 Å². The number of amidine groups is 1. The van der Waals surface area contributed by atoms with Crippen LogP contribution >= 0.6 is 11.3 Å². The average Bonchev–Trinajstić information content (AvgIpc) is 3.31. The van der Waals surface area contributed by atoms with Gasteiger partial charge in [0.05, 0.1) is 25.1 Å². The summed E-state index contributed by atoms with van der Waals surface area (Å²) in [6.45, 7) is 0.485. The minimum Gasteiger partial charge on any atom is -0.493 e. The van der Waals surface area contributed by atoms with Crippen molar-refractivity contribution in [1.29, 1.82) is 0 Å². The molecule has 0 fully saturated rings. The second-order valence-corrected chi connectivity index (χ2v) is 7.43. The number of hydrogen-bond donors (Lipinski definition) is 2. The molecule has 0 radical (unpaired) electrons. The molecule has 146 valence electrons. The highest BCUT2D eigenvalue weighted by Crippen LogP contribution is 2.49. The van der Waals surface area contributed by atoms with Gasteiger partial charge in [-0.3, -0.25) is 4.99 Å². The zero-order valence-corrected chi connectivity index (χ0v) is 15.9. The molecule has 28 heavy (non-hydrogen) atoms. The van der Waals surface area contributed by atoms with Crippen LogP contribution in [0.4, 0.5) is 0 Å². The van der Waals surface area contributed by atoms with Gasteiger partial charge in [-0.25, -0.2) is 14.6 Å². The number of benzene rings is 1. The molecule has 2 aromatic rings. The Morgan fingerprint density at radius 3 is 2.50 bits per heavy atom. The van der Waals surface area contributed by atoms with Crippen LogP contribution in [0.1, 0.15) is 37.9 Å². The zero-order valence-electron chi connectivity index (χ0n) is 15.1. The van der Waals surface area contributed by atoms with E-state index in [2.05, 4.69) is 9.98 Å². The van der Waals surface area contributed by atoms with Gasteiger partial charge in [0, 0.05) is 12.7 Å². The molecule has 9 nitrogen and oxygen atoms in total. The summed E-state index contributed by atoms with van der Waals surface area (Å²) in [5, 5.41) is 18.7. The maximum absolute atomic E-state index is 11.8. The van der Waals surface area contributed by atoms with Crippen LogP contribution in [0.5, 0.6) is 11.5 Å². The molecule has 0 bridgehead atoms. The molecular weight excluding hydrogens is 386 g/mol. The number of aromatic carboxylic acids is 1. The Morgan fingerprint density at radius 2 is 1.89 bits per heavy atom. The third kappa shape index (κ3) is 2.76. The summed E-state index contributed by atoms with van der Waals surface area (Å²) in [5.74, 6) is -1.11. The molecule has 0 amide bonds. The molecule has 0 spiro atoms. The summed E-state index contributed by atoms with van der Waals surface area (Å²) < 4.78 is 10.8. The van der Waals surface area contributed by atoms with Gasteiger partial charge in [-0.2, -0.15) is 0 Å². The van der Waals surface area contributed by atoms with Gasteiger partial charge in [0.25, 0.3) is 0 Å². The highest BCUT2D eigenvalue weighted by Gasteiger charge is 2.45. The lowest BCUT2D eigenvalue weighted by Crippen LogP contribution is -2.40. The lowest BCUT2D eigenvalue weighted by molar-refractivity contribution is -0.130. The van der Waals surface area contributed by atoms with E-state index in [9.17, 15) is 19.8 Å². The van der Waals surface area contributed by atoms with Crippen LogP contribution in [0.25, 0.3) is 0 Å². The number of carbonyl (C=O) groups is 2. The van der Waals surface area contributed by atoms with Crippen LogP contribution < -0.4 is 9.47 Å². The van der Waals surface area contributed by atoms with E-state index in [-0.39, 0.29) is 16.9 Å². The smallest absolute Gasteiger partial charge is 0.371 e. The monoisotopic (exact) mass is 403 g/mol. The molecule has 2 unspecified atom stereocenters. The second-order valence-electron chi connectivity index (χ2n) is 6.37. The first kappa shape index (κ1) is 18.2. The Kier molecular flexibility index (Phi) is 4.42. The van der Waals surface area contributed by atoms with E-state index in [4.69, 9.17) is 9.47 Å². The fourth-order valence-electron chi connectivity index (χ4n) is 3.75. The van der Waals surface area contributed by atoms with Crippen molar-refractivity contribution in [3.05, 3.63) is 39.3 Å². The molecular formula is C18H17N3O6S. The van der Waals surface area contributed by atoms with Crippen LogP contribution in [0.3, 0.4) is 0 Å². The number of fused-ring (bicyclic) bond motifs is 3. The van der Waals surface area contributed by atoms with Crippen molar-refractivity contribution in [2.24, 2.45) is 4.99 Å². The maximum Gasteiger partial charge on any atom is 0.371 e. The summed E-state index contributed by atoms with van der Waals surface area (Å²) in [5.41, 5.74) is 1.91. The molecule has 2 atom stereocenters. The number of hydrogen-bond acceptors (Lipinski definition) is 8. The number of carboxylic acid groups (broad SMARTS) is 2. The molecule has 2 aliphatic rings. The highest BCUT2D eigenvalue weighted by molar-refractivity contribution is 7.13. The number of thiazole rings is 1. The first-order chi connectivity index (χ1) is 13.4. The molecule has 10 heteroatoms. The average molecular weight is 403 g/mol. The minimum atomic E-state index is -1.12.